The Bertz CT molecular complexity index is 286. The van der Waals surface area contributed by atoms with Crippen molar-refractivity contribution in [1.82, 2.24) is 4.72 Å². The predicted octanol–water partition coefficient (Wildman–Crippen LogP) is 0.266. The minimum Gasteiger partial charge on any atom is -0.468 e. The van der Waals surface area contributed by atoms with Crippen molar-refractivity contribution in [3.05, 3.63) is 0 Å². The molecule has 0 aromatic rings. The SMILES string of the molecule is CCC(C)NS(=O)(=O)C(C)C(=O)OC. The third-order valence-electron chi connectivity index (χ3n) is 1.98. The summed E-state index contributed by atoms with van der Waals surface area (Å²) in [4.78, 5) is 11.0. The first-order valence-electron chi connectivity index (χ1n) is 4.44. The van der Waals surface area contributed by atoms with Gasteiger partial charge in [-0.2, -0.15) is 0 Å². The summed E-state index contributed by atoms with van der Waals surface area (Å²) in [5.74, 6) is -0.749. The molecule has 0 amide bonds. The first-order chi connectivity index (χ1) is 6.35. The zero-order valence-corrected chi connectivity index (χ0v) is 9.72. The van der Waals surface area contributed by atoms with Gasteiger partial charge in [-0.05, 0) is 20.3 Å². The molecule has 84 valence electrons. The van der Waals surface area contributed by atoms with Crippen LogP contribution in [0.15, 0.2) is 0 Å². The molecule has 0 bridgehead atoms. The zero-order chi connectivity index (χ0) is 11.4. The maximum absolute atomic E-state index is 11.5. The fourth-order valence-corrected chi connectivity index (χ4v) is 2.04. The lowest BCUT2D eigenvalue weighted by Gasteiger charge is -2.15. The van der Waals surface area contributed by atoms with Crippen LogP contribution in [0.4, 0.5) is 0 Å². The highest BCUT2D eigenvalue weighted by Crippen LogP contribution is 2.03. The predicted molar refractivity (Wildman–Crippen MR) is 53.3 cm³/mol. The molecule has 0 radical (unpaired) electrons. The summed E-state index contributed by atoms with van der Waals surface area (Å²) in [6, 6.07) is -0.174. The molecule has 0 saturated heterocycles. The lowest BCUT2D eigenvalue weighted by Crippen LogP contribution is -2.42. The van der Waals surface area contributed by atoms with Gasteiger partial charge in [-0.3, -0.25) is 4.79 Å². The zero-order valence-electron chi connectivity index (χ0n) is 8.90. The number of carbonyl (C=O) groups is 1. The van der Waals surface area contributed by atoms with Crippen LogP contribution in [0.3, 0.4) is 0 Å². The van der Waals surface area contributed by atoms with E-state index in [1.54, 1.807) is 6.92 Å². The molecule has 5 nitrogen and oxygen atoms in total. The standard InChI is InChI=1S/C8H17NO4S/c1-5-6(2)9-14(11,12)7(3)8(10)13-4/h6-7,9H,5H2,1-4H3. The minimum absolute atomic E-state index is 0.174. The summed E-state index contributed by atoms with van der Waals surface area (Å²) in [5.41, 5.74) is 0. The number of nitrogens with one attached hydrogen (secondary N) is 1. The third kappa shape index (κ3) is 3.63. The van der Waals surface area contributed by atoms with Crippen molar-refractivity contribution in [3.63, 3.8) is 0 Å². The molecule has 2 atom stereocenters. The summed E-state index contributed by atoms with van der Waals surface area (Å²) in [7, 11) is -2.44. The Morgan fingerprint density at radius 2 is 1.93 bits per heavy atom. The molecule has 6 heteroatoms. The van der Waals surface area contributed by atoms with Crippen molar-refractivity contribution < 1.29 is 17.9 Å². The van der Waals surface area contributed by atoms with E-state index in [1.807, 2.05) is 6.92 Å². The van der Waals surface area contributed by atoms with Gasteiger partial charge in [-0.25, -0.2) is 13.1 Å². The average molecular weight is 223 g/mol. The van der Waals surface area contributed by atoms with Gasteiger partial charge in [-0.15, -0.1) is 0 Å². The van der Waals surface area contributed by atoms with Gasteiger partial charge < -0.3 is 4.74 Å². The number of esters is 1. The Morgan fingerprint density at radius 1 is 1.43 bits per heavy atom. The van der Waals surface area contributed by atoms with Gasteiger partial charge in [0.05, 0.1) is 7.11 Å². The molecule has 0 heterocycles. The van der Waals surface area contributed by atoms with Crippen LogP contribution >= 0.6 is 0 Å². The van der Waals surface area contributed by atoms with Crippen LogP contribution in [0.5, 0.6) is 0 Å². The van der Waals surface area contributed by atoms with Crippen molar-refractivity contribution in [2.75, 3.05) is 7.11 Å². The molecule has 0 aliphatic heterocycles. The maximum Gasteiger partial charge on any atom is 0.325 e. The molecule has 14 heavy (non-hydrogen) atoms. The molecule has 0 aromatic heterocycles. The smallest absolute Gasteiger partial charge is 0.325 e. The number of methoxy groups -OCH3 is 1. The number of ether oxygens (including phenoxy) is 1. The van der Waals surface area contributed by atoms with Gasteiger partial charge in [0.25, 0.3) is 0 Å². The third-order valence-corrected chi connectivity index (χ3v) is 3.83. The normalized spacial score (nSPS) is 16.0. The Labute approximate surface area is 84.9 Å². The van der Waals surface area contributed by atoms with Crippen LogP contribution in [0.25, 0.3) is 0 Å². The second-order valence-electron chi connectivity index (χ2n) is 3.14. The quantitative estimate of drug-likeness (QED) is 0.679. The van der Waals surface area contributed by atoms with Crippen LogP contribution in [-0.2, 0) is 19.6 Å². The molecule has 0 aromatic carbocycles. The highest BCUT2D eigenvalue weighted by molar-refractivity contribution is 7.90. The summed E-state index contributed by atoms with van der Waals surface area (Å²) < 4.78 is 29.7. The molecule has 0 aliphatic carbocycles. The average Bonchev–Trinajstić information content (AvgIpc) is 2.14. The highest BCUT2D eigenvalue weighted by Gasteiger charge is 2.29. The summed E-state index contributed by atoms with van der Waals surface area (Å²) >= 11 is 0. The molecule has 0 rings (SSSR count). The van der Waals surface area contributed by atoms with Crippen molar-refractivity contribution in [2.24, 2.45) is 0 Å². The second kappa shape index (κ2) is 5.31. The lowest BCUT2D eigenvalue weighted by molar-refractivity contribution is -0.139. The van der Waals surface area contributed by atoms with E-state index >= 15 is 0 Å². The van der Waals surface area contributed by atoms with Gasteiger partial charge in [0.2, 0.25) is 10.0 Å². The molecule has 0 aliphatic rings. The highest BCUT2D eigenvalue weighted by atomic mass is 32.2. The lowest BCUT2D eigenvalue weighted by atomic mass is 10.3. The first-order valence-corrected chi connectivity index (χ1v) is 5.98. The van der Waals surface area contributed by atoms with Crippen LogP contribution < -0.4 is 4.72 Å². The van der Waals surface area contributed by atoms with E-state index in [4.69, 9.17) is 0 Å². The summed E-state index contributed by atoms with van der Waals surface area (Å²) in [5, 5.41) is -1.17. The van der Waals surface area contributed by atoms with Crippen LogP contribution in [-0.4, -0.2) is 32.8 Å². The molecule has 0 spiro atoms. The first kappa shape index (κ1) is 13.4. The van der Waals surface area contributed by atoms with E-state index in [-0.39, 0.29) is 6.04 Å². The minimum atomic E-state index is -3.61. The maximum atomic E-state index is 11.5. The number of hydrogen-bond acceptors (Lipinski definition) is 4. The summed E-state index contributed by atoms with van der Waals surface area (Å²) in [6.45, 7) is 4.90. The Kier molecular flexibility index (Phi) is 5.07. The van der Waals surface area contributed by atoms with E-state index in [1.165, 1.54) is 6.92 Å². The molecular formula is C8H17NO4S. The van der Waals surface area contributed by atoms with E-state index in [0.717, 1.165) is 7.11 Å². The van der Waals surface area contributed by atoms with Gasteiger partial charge in [0, 0.05) is 6.04 Å². The monoisotopic (exact) mass is 223 g/mol. The number of sulfonamides is 1. The van der Waals surface area contributed by atoms with E-state index in [0.29, 0.717) is 6.42 Å². The molecular weight excluding hydrogens is 206 g/mol. The Hall–Kier alpha value is -0.620. The Morgan fingerprint density at radius 3 is 2.29 bits per heavy atom. The largest absolute Gasteiger partial charge is 0.468 e. The number of hydrogen-bond donors (Lipinski definition) is 1. The van der Waals surface area contributed by atoms with Crippen molar-refractivity contribution in [1.29, 1.82) is 0 Å². The fraction of sp³-hybridized carbons (Fsp3) is 0.875. The van der Waals surface area contributed by atoms with Crippen LogP contribution in [0.2, 0.25) is 0 Å². The molecule has 0 fully saturated rings. The van der Waals surface area contributed by atoms with Crippen molar-refractivity contribution >= 4 is 16.0 Å². The summed E-state index contributed by atoms with van der Waals surface area (Å²) in [6.07, 6.45) is 0.674. The number of carbonyl (C=O) groups excluding carboxylic acids is 1. The number of rotatable bonds is 5. The van der Waals surface area contributed by atoms with Crippen molar-refractivity contribution in [3.8, 4) is 0 Å². The Balaban J connectivity index is 4.55. The van der Waals surface area contributed by atoms with E-state index < -0.39 is 21.2 Å². The molecule has 2 unspecified atom stereocenters. The molecule has 0 saturated carbocycles. The van der Waals surface area contributed by atoms with Gasteiger partial charge in [0.15, 0.2) is 5.25 Å². The van der Waals surface area contributed by atoms with Gasteiger partial charge in [-0.1, -0.05) is 6.92 Å². The van der Waals surface area contributed by atoms with Crippen LogP contribution in [0, 0.1) is 0 Å². The second-order valence-corrected chi connectivity index (χ2v) is 5.17. The van der Waals surface area contributed by atoms with E-state index in [9.17, 15) is 13.2 Å². The van der Waals surface area contributed by atoms with Gasteiger partial charge in [0.1, 0.15) is 0 Å². The molecule has 1 N–H and O–H groups in total. The fourth-order valence-electron chi connectivity index (χ4n) is 0.758. The topological polar surface area (TPSA) is 72.5 Å². The van der Waals surface area contributed by atoms with E-state index in [2.05, 4.69) is 9.46 Å². The van der Waals surface area contributed by atoms with Crippen LogP contribution in [0.1, 0.15) is 27.2 Å². The van der Waals surface area contributed by atoms with Crippen molar-refractivity contribution in [2.45, 2.75) is 38.5 Å². The van der Waals surface area contributed by atoms with Gasteiger partial charge >= 0.3 is 5.97 Å².